The fraction of sp³-hybridized carbons (Fsp3) is 0.435. The van der Waals surface area contributed by atoms with Crippen LogP contribution in [0.5, 0.6) is 0 Å². The molecular weight excluding hydrogens is 421 g/mol. The van der Waals surface area contributed by atoms with Crippen molar-refractivity contribution in [2.45, 2.75) is 19.5 Å². The number of aryl methyl sites for hydroxylation is 1. The highest BCUT2D eigenvalue weighted by Crippen LogP contribution is 2.45. The van der Waals surface area contributed by atoms with Crippen molar-refractivity contribution in [1.29, 1.82) is 5.26 Å². The molecule has 0 bridgehead atoms. The topological polar surface area (TPSA) is 80.5 Å². The van der Waals surface area contributed by atoms with Gasteiger partial charge in [0.1, 0.15) is 0 Å². The molecule has 32 heavy (non-hydrogen) atoms. The summed E-state index contributed by atoms with van der Waals surface area (Å²) in [7, 11) is 0. The third-order valence-corrected chi connectivity index (χ3v) is 6.69. The number of aromatic nitrogens is 1. The van der Waals surface area contributed by atoms with Gasteiger partial charge in [0.05, 0.1) is 29.4 Å². The first-order valence-electron chi connectivity index (χ1n) is 10.4. The second kappa shape index (κ2) is 8.10. The largest absolute Gasteiger partial charge is 0.417 e. The molecule has 2 aliphatic heterocycles. The number of nitriles is 1. The molecule has 1 aromatic carbocycles. The summed E-state index contributed by atoms with van der Waals surface area (Å²) in [4.78, 5) is 20.6. The maximum absolute atomic E-state index is 13.4. The zero-order valence-corrected chi connectivity index (χ0v) is 17.6. The molecule has 2 aromatic rings. The second-order valence-corrected chi connectivity index (χ2v) is 8.63. The number of pyridine rings is 1. The highest BCUT2D eigenvalue weighted by Gasteiger charge is 2.50. The number of aliphatic hydroxyl groups is 1. The molecule has 1 amide bonds. The second-order valence-electron chi connectivity index (χ2n) is 8.63. The van der Waals surface area contributed by atoms with Crippen molar-refractivity contribution >= 4 is 11.6 Å². The van der Waals surface area contributed by atoms with Gasteiger partial charge in [-0.1, -0.05) is 0 Å². The summed E-state index contributed by atoms with van der Waals surface area (Å²) in [5.74, 6) is -0.228. The molecule has 1 N–H and O–H groups in total. The van der Waals surface area contributed by atoms with E-state index in [1.54, 1.807) is 29.3 Å². The Morgan fingerprint density at radius 1 is 1.31 bits per heavy atom. The monoisotopic (exact) mass is 444 g/mol. The summed E-state index contributed by atoms with van der Waals surface area (Å²) in [6, 6.07) is 8.80. The van der Waals surface area contributed by atoms with Gasteiger partial charge in [0.25, 0.3) is 5.91 Å². The van der Waals surface area contributed by atoms with Gasteiger partial charge in [-0.3, -0.25) is 9.78 Å². The van der Waals surface area contributed by atoms with E-state index in [-0.39, 0.29) is 18.4 Å². The number of amides is 1. The third kappa shape index (κ3) is 3.91. The van der Waals surface area contributed by atoms with E-state index in [9.17, 15) is 23.1 Å². The summed E-state index contributed by atoms with van der Waals surface area (Å²) >= 11 is 0. The van der Waals surface area contributed by atoms with E-state index < -0.39 is 22.7 Å². The van der Waals surface area contributed by atoms with E-state index in [1.165, 1.54) is 12.1 Å². The molecule has 0 unspecified atom stereocenters. The quantitative estimate of drug-likeness (QED) is 0.786. The number of carbonyl (C=O) groups excluding carboxylic acids is 1. The minimum Gasteiger partial charge on any atom is -0.396 e. The predicted octanol–water partition coefficient (Wildman–Crippen LogP) is 3.24. The Hall–Kier alpha value is -3.12. The Kier molecular flexibility index (Phi) is 5.59. The molecular formula is C23H23F3N4O2. The number of hydrogen-bond acceptors (Lipinski definition) is 5. The van der Waals surface area contributed by atoms with Crippen LogP contribution in [0.4, 0.5) is 18.9 Å². The minimum atomic E-state index is -4.63. The van der Waals surface area contributed by atoms with Crippen LogP contribution in [0.25, 0.3) is 0 Å². The standard InChI is InChI=1S/C23H23F3N4O2/c1-15-2-3-17(10-28-15)21(32)29-7-6-22(14-31)13-30(12-18(22)11-29)19-5-4-16(9-27)20(8-19)23(24,25)26/h2-5,8,10,18,31H,6-7,11-14H2,1H3/t18-,22+/m1/s1. The zero-order chi connectivity index (χ0) is 23.1. The first kappa shape index (κ1) is 22.1. The lowest BCUT2D eigenvalue weighted by Gasteiger charge is -2.42. The van der Waals surface area contributed by atoms with Crippen LogP contribution in [0.15, 0.2) is 36.5 Å². The number of halogens is 3. The Labute approximate surface area is 183 Å². The van der Waals surface area contributed by atoms with Crippen molar-refractivity contribution in [2.24, 2.45) is 11.3 Å². The van der Waals surface area contributed by atoms with Crippen molar-refractivity contribution < 1.29 is 23.1 Å². The number of piperidine rings is 1. The predicted molar refractivity (Wildman–Crippen MR) is 111 cm³/mol. The van der Waals surface area contributed by atoms with Gasteiger partial charge in [-0.05, 0) is 43.7 Å². The lowest BCUT2D eigenvalue weighted by atomic mass is 9.73. The van der Waals surface area contributed by atoms with Crippen molar-refractivity contribution in [3.05, 3.63) is 58.9 Å². The number of likely N-dealkylation sites (tertiary alicyclic amines) is 1. The first-order valence-corrected chi connectivity index (χ1v) is 10.4. The number of rotatable bonds is 3. The maximum atomic E-state index is 13.4. The van der Waals surface area contributed by atoms with Crippen molar-refractivity contribution in [2.75, 3.05) is 37.7 Å². The number of aliphatic hydroxyl groups excluding tert-OH is 1. The number of hydrogen-bond donors (Lipinski definition) is 1. The van der Waals surface area contributed by atoms with Gasteiger partial charge in [-0.2, -0.15) is 18.4 Å². The normalized spacial score (nSPS) is 23.1. The lowest BCUT2D eigenvalue weighted by Crippen LogP contribution is -2.50. The number of fused-ring (bicyclic) bond motifs is 1. The Morgan fingerprint density at radius 3 is 2.72 bits per heavy atom. The summed E-state index contributed by atoms with van der Waals surface area (Å²) in [6.07, 6.45) is -2.53. The van der Waals surface area contributed by atoms with Gasteiger partial charge >= 0.3 is 6.18 Å². The Balaban J connectivity index is 1.57. The van der Waals surface area contributed by atoms with Crippen LogP contribution in [0.2, 0.25) is 0 Å². The van der Waals surface area contributed by atoms with E-state index >= 15 is 0 Å². The Bertz CT molecular complexity index is 1060. The molecule has 6 nitrogen and oxygen atoms in total. The molecule has 2 saturated heterocycles. The van der Waals surface area contributed by atoms with Gasteiger partial charge in [0.15, 0.2) is 0 Å². The molecule has 0 radical (unpaired) electrons. The first-order chi connectivity index (χ1) is 15.2. The summed E-state index contributed by atoms with van der Waals surface area (Å²) in [5, 5.41) is 19.2. The molecule has 4 rings (SSSR count). The van der Waals surface area contributed by atoms with E-state index in [1.807, 2.05) is 11.8 Å². The molecule has 2 fully saturated rings. The maximum Gasteiger partial charge on any atom is 0.417 e. The van der Waals surface area contributed by atoms with Crippen LogP contribution in [0.3, 0.4) is 0 Å². The van der Waals surface area contributed by atoms with Gasteiger partial charge < -0.3 is 14.9 Å². The fourth-order valence-electron chi connectivity index (χ4n) is 4.76. The number of carbonyl (C=O) groups is 1. The average Bonchev–Trinajstić information content (AvgIpc) is 3.17. The van der Waals surface area contributed by atoms with E-state index in [2.05, 4.69) is 4.98 Å². The van der Waals surface area contributed by atoms with Crippen molar-refractivity contribution in [3.8, 4) is 6.07 Å². The Morgan fingerprint density at radius 2 is 2.09 bits per heavy atom. The van der Waals surface area contributed by atoms with Crippen LogP contribution in [-0.4, -0.2) is 53.7 Å². The molecule has 0 aliphatic carbocycles. The molecule has 2 atom stereocenters. The van der Waals surface area contributed by atoms with Gasteiger partial charge in [-0.15, -0.1) is 0 Å². The number of anilines is 1. The van der Waals surface area contributed by atoms with E-state index in [4.69, 9.17) is 5.26 Å². The smallest absolute Gasteiger partial charge is 0.396 e. The molecule has 3 heterocycles. The summed E-state index contributed by atoms with van der Waals surface area (Å²) in [5.41, 5.74) is -0.212. The van der Waals surface area contributed by atoms with Crippen LogP contribution >= 0.6 is 0 Å². The molecule has 2 aliphatic rings. The van der Waals surface area contributed by atoms with Crippen LogP contribution in [0, 0.1) is 29.6 Å². The van der Waals surface area contributed by atoms with Crippen molar-refractivity contribution in [1.82, 2.24) is 9.88 Å². The summed E-state index contributed by atoms with van der Waals surface area (Å²) < 4.78 is 40.2. The van der Waals surface area contributed by atoms with E-state index in [0.717, 1.165) is 11.8 Å². The minimum absolute atomic E-state index is 0.0893. The zero-order valence-electron chi connectivity index (χ0n) is 17.6. The number of nitrogens with zero attached hydrogens (tertiary/aromatic N) is 4. The summed E-state index contributed by atoms with van der Waals surface area (Å²) in [6.45, 7) is 3.41. The highest BCUT2D eigenvalue weighted by atomic mass is 19.4. The third-order valence-electron chi connectivity index (χ3n) is 6.69. The van der Waals surface area contributed by atoms with Crippen LogP contribution in [0.1, 0.15) is 33.6 Å². The van der Waals surface area contributed by atoms with Crippen LogP contribution < -0.4 is 4.90 Å². The van der Waals surface area contributed by atoms with Crippen molar-refractivity contribution in [3.63, 3.8) is 0 Å². The molecule has 0 spiro atoms. The van der Waals surface area contributed by atoms with Crippen LogP contribution in [-0.2, 0) is 6.18 Å². The molecule has 1 aromatic heterocycles. The fourth-order valence-corrected chi connectivity index (χ4v) is 4.76. The van der Waals surface area contributed by atoms with Gasteiger partial charge in [0.2, 0.25) is 0 Å². The lowest BCUT2D eigenvalue weighted by molar-refractivity contribution is -0.137. The van der Waals surface area contributed by atoms with E-state index in [0.29, 0.717) is 43.9 Å². The number of alkyl halides is 3. The number of benzene rings is 1. The average molecular weight is 444 g/mol. The highest BCUT2D eigenvalue weighted by molar-refractivity contribution is 5.94. The SMILES string of the molecule is Cc1ccc(C(=O)N2CC[C@@]3(CO)CN(c4ccc(C#N)c(C(F)(F)F)c4)C[C@H]3C2)cn1. The molecule has 0 saturated carbocycles. The van der Waals surface area contributed by atoms with Gasteiger partial charge in [-0.25, -0.2) is 0 Å². The van der Waals surface area contributed by atoms with Gasteiger partial charge in [0, 0.05) is 55.1 Å². The molecule has 9 heteroatoms. The molecule has 168 valence electrons.